The zero-order valence-electron chi connectivity index (χ0n) is 12.9. The number of hydrogen-bond donors (Lipinski definition) is 1. The lowest BCUT2D eigenvalue weighted by molar-refractivity contribution is -0.127. The summed E-state index contributed by atoms with van der Waals surface area (Å²) >= 11 is 3.59. The fraction of sp³-hybridized carbons (Fsp3) is 0.533. The minimum absolute atomic E-state index is 0.0879. The molecule has 20 heavy (non-hydrogen) atoms. The Balaban J connectivity index is 2.74. The van der Waals surface area contributed by atoms with Crippen LogP contribution in [0.3, 0.4) is 0 Å². The van der Waals surface area contributed by atoms with Gasteiger partial charge in [0.2, 0.25) is 5.91 Å². The van der Waals surface area contributed by atoms with E-state index in [2.05, 4.69) is 47.2 Å². The number of nitrogens with one attached hydrogen (secondary N) is 1. The summed E-state index contributed by atoms with van der Waals surface area (Å²) in [6.07, 6.45) is 0. The van der Waals surface area contributed by atoms with Gasteiger partial charge in [-0.15, -0.1) is 0 Å². The smallest absolute Gasteiger partial charge is 0.241 e. The van der Waals surface area contributed by atoms with Crippen LogP contribution in [0.25, 0.3) is 0 Å². The molecule has 0 aliphatic heterocycles. The summed E-state index contributed by atoms with van der Waals surface area (Å²) in [6.45, 7) is 5.47. The van der Waals surface area contributed by atoms with Crippen LogP contribution in [0.1, 0.15) is 19.4 Å². The van der Waals surface area contributed by atoms with Crippen LogP contribution >= 0.6 is 15.9 Å². The average molecular weight is 342 g/mol. The second-order valence-corrected chi connectivity index (χ2v) is 6.32. The highest BCUT2D eigenvalue weighted by Crippen LogP contribution is 2.26. The molecule has 0 aliphatic carbocycles. The number of anilines is 1. The third kappa shape index (κ3) is 5.13. The third-order valence-corrected chi connectivity index (χ3v) is 3.64. The topological polar surface area (TPSA) is 35.6 Å². The van der Waals surface area contributed by atoms with Crippen LogP contribution in [0.15, 0.2) is 22.7 Å². The molecular weight excluding hydrogens is 318 g/mol. The van der Waals surface area contributed by atoms with Crippen molar-refractivity contribution in [2.24, 2.45) is 0 Å². The first-order valence-corrected chi connectivity index (χ1v) is 7.53. The summed E-state index contributed by atoms with van der Waals surface area (Å²) in [7, 11) is 5.46. The largest absolute Gasteiger partial charge is 0.364 e. The van der Waals surface area contributed by atoms with E-state index in [0.29, 0.717) is 12.6 Å². The van der Waals surface area contributed by atoms with Gasteiger partial charge in [0, 0.05) is 38.2 Å². The van der Waals surface area contributed by atoms with E-state index in [9.17, 15) is 4.79 Å². The normalized spacial score (nSPS) is 10.8. The summed E-state index contributed by atoms with van der Waals surface area (Å²) in [5.41, 5.74) is 2.25. The second kappa shape index (κ2) is 7.64. The molecule has 0 spiro atoms. The highest BCUT2D eigenvalue weighted by molar-refractivity contribution is 9.10. The van der Waals surface area contributed by atoms with E-state index in [0.717, 1.165) is 16.7 Å². The molecule has 1 aromatic rings. The maximum atomic E-state index is 11.7. The van der Waals surface area contributed by atoms with Crippen LogP contribution in [-0.2, 0) is 11.3 Å². The van der Waals surface area contributed by atoms with Crippen molar-refractivity contribution in [3.05, 3.63) is 28.2 Å². The highest BCUT2D eigenvalue weighted by Gasteiger charge is 2.12. The average Bonchev–Trinajstić information content (AvgIpc) is 2.35. The molecular formula is C15H24BrN3O. The van der Waals surface area contributed by atoms with Crippen molar-refractivity contribution in [3.63, 3.8) is 0 Å². The van der Waals surface area contributed by atoms with E-state index in [1.54, 1.807) is 19.0 Å². The number of benzene rings is 1. The van der Waals surface area contributed by atoms with Gasteiger partial charge >= 0.3 is 0 Å². The maximum absolute atomic E-state index is 11.7. The zero-order chi connectivity index (χ0) is 15.3. The number of carbonyl (C=O) groups is 1. The van der Waals surface area contributed by atoms with E-state index < -0.39 is 0 Å². The number of amides is 1. The van der Waals surface area contributed by atoms with E-state index in [-0.39, 0.29) is 5.91 Å². The molecule has 1 aromatic carbocycles. The summed E-state index contributed by atoms with van der Waals surface area (Å²) in [5.74, 6) is 0.0879. The molecule has 4 nitrogen and oxygen atoms in total. The van der Waals surface area contributed by atoms with Crippen LogP contribution < -0.4 is 10.2 Å². The molecule has 0 saturated carbocycles. The molecule has 5 heteroatoms. The summed E-state index contributed by atoms with van der Waals surface area (Å²) < 4.78 is 1.01. The van der Waals surface area contributed by atoms with Crippen molar-refractivity contribution < 1.29 is 4.79 Å². The third-order valence-electron chi connectivity index (χ3n) is 3.01. The molecule has 0 saturated heterocycles. The number of likely N-dealkylation sites (N-methyl/N-ethyl adjacent to an activating group) is 2. The molecule has 0 atom stereocenters. The maximum Gasteiger partial charge on any atom is 0.241 e. The first-order valence-electron chi connectivity index (χ1n) is 6.74. The van der Waals surface area contributed by atoms with Crippen molar-refractivity contribution >= 4 is 27.5 Å². The van der Waals surface area contributed by atoms with Crippen molar-refractivity contribution in [2.45, 2.75) is 26.4 Å². The lowest BCUT2D eigenvalue weighted by Crippen LogP contribution is -2.34. The van der Waals surface area contributed by atoms with Crippen LogP contribution in [0.5, 0.6) is 0 Å². The van der Waals surface area contributed by atoms with Gasteiger partial charge < -0.3 is 15.1 Å². The van der Waals surface area contributed by atoms with Gasteiger partial charge in [0.25, 0.3) is 0 Å². The lowest BCUT2D eigenvalue weighted by atomic mass is 10.2. The molecule has 0 bridgehead atoms. The van der Waals surface area contributed by atoms with Gasteiger partial charge in [0.1, 0.15) is 0 Å². The molecule has 112 valence electrons. The molecule has 1 amide bonds. The van der Waals surface area contributed by atoms with E-state index >= 15 is 0 Å². The molecule has 0 fully saturated rings. The van der Waals surface area contributed by atoms with Crippen LogP contribution in [0, 0.1) is 0 Å². The van der Waals surface area contributed by atoms with Crippen molar-refractivity contribution in [1.82, 2.24) is 10.2 Å². The quantitative estimate of drug-likeness (QED) is 0.863. The molecule has 0 unspecified atom stereocenters. The Hall–Kier alpha value is -1.07. The molecule has 1 rings (SSSR count). The summed E-state index contributed by atoms with van der Waals surface area (Å²) in [4.78, 5) is 15.3. The van der Waals surface area contributed by atoms with Crippen molar-refractivity contribution in [1.29, 1.82) is 0 Å². The van der Waals surface area contributed by atoms with Gasteiger partial charge in [-0.3, -0.25) is 4.79 Å². The van der Waals surface area contributed by atoms with Gasteiger partial charge in [-0.25, -0.2) is 0 Å². The van der Waals surface area contributed by atoms with E-state index in [1.807, 2.05) is 18.0 Å². The summed E-state index contributed by atoms with van der Waals surface area (Å²) in [5, 5.41) is 3.39. The molecule has 0 aromatic heterocycles. The highest BCUT2D eigenvalue weighted by atomic mass is 79.9. The Morgan fingerprint density at radius 1 is 1.30 bits per heavy atom. The van der Waals surface area contributed by atoms with Crippen LogP contribution in [0.2, 0.25) is 0 Å². The fourth-order valence-corrected chi connectivity index (χ4v) is 2.45. The first-order chi connectivity index (χ1) is 9.31. The van der Waals surface area contributed by atoms with Crippen molar-refractivity contribution in [3.8, 4) is 0 Å². The molecule has 0 heterocycles. The predicted octanol–water partition coefficient (Wildman–Crippen LogP) is 2.47. The number of halogens is 1. The Morgan fingerprint density at radius 3 is 2.45 bits per heavy atom. The van der Waals surface area contributed by atoms with Gasteiger partial charge in [-0.2, -0.15) is 0 Å². The van der Waals surface area contributed by atoms with Crippen molar-refractivity contribution in [2.75, 3.05) is 32.6 Å². The number of nitrogens with zero attached hydrogens (tertiary/aromatic N) is 2. The standard InChI is InChI=1S/C15H24BrN3O/c1-11(2)17-9-12-6-7-14(13(16)8-12)19(5)10-15(20)18(3)4/h6-8,11,17H,9-10H2,1-5H3. The Morgan fingerprint density at radius 2 is 1.95 bits per heavy atom. The lowest BCUT2D eigenvalue weighted by Gasteiger charge is -2.22. The van der Waals surface area contributed by atoms with Gasteiger partial charge in [-0.1, -0.05) is 19.9 Å². The Bertz CT molecular complexity index is 460. The van der Waals surface area contributed by atoms with Crippen LogP contribution in [0.4, 0.5) is 5.69 Å². The van der Waals surface area contributed by atoms with Gasteiger partial charge in [-0.05, 0) is 33.6 Å². The molecule has 0 radical (unpaired) electrons. The summed E-state index contributed by atoms with van der Waals surface area (Å²) in [6, 6.07) is 6.70. The van der Waals surface area contributed by atoms with Crippen LogP contribution in [-0.4, -0.2) is 44.5 Å². The Labute approximate surface area is 130 Å². The first kappa shape index (κ1) is 17.0. The SMILES string of the molecule is CC(C)NCc1ccc(N(C)CC(=O)N(C)C)c(Br)c1. The second-order valence-electron chi connectivity index (χ2n) is 5.47. The fourth-order valence-electron chi connectivity index (χ4n) is 1.72. The monoisotopic (exact) mass is 341 g/mol. The number of carbonyl (C=O) groups excluding carboxylic acids is 1. The predicted molar refractivity (Wildman–Crippen MR) is 88.1 cm³/mol. The van der Waals surface area contributed by atoms with E-state index in [1.165, 1.54) is 5.56 Å². The Kier molecular flexibility index (Phi) is 6.49. The minimum Gasteiger partial charge on any atom is -0.364 e. The number of hydrogen-bond acceptors (Lipinski definition) is 3. The minimum atomic E-state index is 0.0879. The number of rotatable bonds is 6. The van der Waals surface area contributed by atoms with Gasteiger partial charge in [0.15, 0.2) is 0 Å². The molecule has 0 aliphatic rings. The molecule has 1 N–H and O–H groups in total. The van der Waals surface area contributed by atoms with Gasteiger partial charge in [0.05, 0.1) is 12.2 Å². The van der Waals surface area contributed by atoms with E-state index in [4.69, 9.17) is 0 Å². The zero-order valence-corrected chi connectivity index (χ0v) is 14.5.